The molecule has 18 heavy (non-hydrogen) atoms. The lowest BCUT2D eigenvalue weighted by molar-refractivity contribution is 0.405. The summed E-state index contributed by atoms with van der Waals surface area (Å²) in [5, 5.41) is 2.94. The highest BCUT2D eigenvalue weighted by Gasteiger charge is 2.06. The van der Waals surface area contributed by atoms with Gasteiger partial charge in [0.1, 0.15) is 23.6 Å². The van der Waals surface area contributed by atoms with Crippen molar-refractivity contribution < 1.29 is 13.9 Å². The van der Waals surface area contributed by atoms with E-state index in [1.807, 2.05) is 0 Å². The Hall–Kier alpha value is -2.37. The number of hydrogen-bond acceptors (Lipinski definition) is 5. The van der Waals surface area contributed by atoms with Crippen LogP contribution < -0.4 is 14.8 Å². The molecule has 0 bridgehead atoms. The Labute approximate surface area is 104 Å². The topological polar surface area (TPSA) is 56.3 Å². The molecule has 0 fully saturated rings. The number of halogens is 1. The number of rotatable bonds is 4. The molecule has 0 aliphatic heterocycles. The van der Waals surface area contributed by atoms with Crippen molar-refractivity contribution in [3.63, 3.8) is 0 Å². The van der Waals surface area contributed by atoms with Crippen molar-refractivity contribution in [3.05, 3.63) is 36.5 Å². The van der Waals surface area contributed by atoms with Crippen LogP contribution in [0.5, 0.6) is 11.5 Å². The van der Waals surface area contributed by atoms with Gasteiger partial charge in [0.25, 0.3) is 0 Å². The molecule has 0 spiro atoms. The van der Waals surface area contributed by atoms with Crippen LogP contribution in [0.4, 0.5) is 15.9 Å². The van der Waals surface area contributed by atoms with Crippen LogP contribution in [0.25, 0.3) is 0 Å². The Bertz CT molecular complexity index is 549. The van der Waals surface area contributed by atoms with Crippen molar-refractivity contribution in [3.8, 4) is 11.5 Å². The van der Waals surface area contributed by atoms with Gasteiger partial charge in [0.2, 0.25) is 5.95 Å². The molecule has 0 aliphatic rings. The second-order valence-corrected chi connectivity index (χ2v) is 3.42. The van der Waals surface area contributed by atoms with Gasteiger partial charge in [0, 0.05) is 12.1 Å². The molecular formula is C12H12FN3O2. The Morgan fingerprint density at radius 1 is 1.11 bits per heavy atom. The highest BCUT2D eigenvalue weighted by atomic mass is 19.1. The minimum Gasteiger partial charge on any atom is -0.497 e. The van der Waals surface area contributed by atoms with Crippen molar-refractivity contribution >= 4 is 11.5 Å². The second kappa shape index (κ2) is 5.31. The lowest BCUT2D eigenvalue weighted by Gasteiger charge is -2.11. The fourth-order valence-electron chi connectivity index (χ4n) is 1.45. The third kappa shape index (κ3) is 2.65. The Morgan fingerprint density at radius 2 is 1.94 bits per heavy atom. The maximum atomic E-state index is 13.0. The first-order chi connectivity index (χ1) is 8.72. The molecule has 1 aromatic heterocycles. The van der Waals surface area contributed by atoms with Crippen molar-refractivity contribution in [2.75, 3.05) is 19.5 Å². The zero-order chi connectivity index (χ0) is 13.0. The van der Waals surface area contributed by atoms with Crippen LogP contribution in [0.1, 0.15) is 0 Å². The summed E-state index contributed by atoms with van der Waals surface area (Å²) in [6.07, 6.45) is 1.14. The zero-order valence-electron chi connectivity index (χ0n) is 9.98. The van der Waals surface area contributed by atoms with Gasteiger partial charge in [-0.1, -0.05) is 0 Å². The molecule has 2 rings (SSSR count). The van der Waals surface area contributed by atoms with E-state index in [1.54, 1.807) is 32.4 Å². The van der Waals surface area contributed by atoms with Gasteiger partial charge in [-0.15, -0.1) is 0 Å². The van der Waals surface area contributed by atoms with E-state index in [0.29, 0.717) is 23.0 Å². The van der Waals surface area contributed by atoms with Crippen molar-refractivity contribution in [1.82, 2.24) is 9.97 Å². The molecule has 0 amide bonds. The number of methoxy groups -OCH3 is 2. The summed E-state index contributed by atoms with van der Waals surface area (Å²) in [4.78, 5) is 7.29. The van der Waals surface area contributed by atoms with E-state index in [0.717, 1.165) is 6.33 Å². The van der Waals surface area contributed by atoms with Crippen LogP contribution >= 0.6 is 0 Å². The summed E-state index contributed by atoms with van der Waals surface area (Å²) in [7, 11) is 3.11. The summed E-state index contributed by atoms with van der Waals surface area (Å²) in [5.74, 6) is 1.01. The van der Waals surface area contributed by atoms with E-state index < -0.39 is 5.95 Å². The van der Waals surface area contributed by atoms with Crippen LogP contribution in [0.2, 0.25) is 0 Å². The molecule has 0 radical (unpaired) electrons. The Kier molecular flexibility index (Phi) is 3.57. The number of anilines is 2. The second-order valence-electron chi connectivity index (χ2n) is 3.42. The van der Waals surface area contributed by atoms with E-state index >= 15 is 0 Å². The van der Waals surface area contributed by atoms with Crippen LogP contribution in [-0.4, -0.2) is 24.2 Å². The highest BCUT2D eigenvalue weighted by molar-refractivity contribution is 5.66. The molecule has 1 heterocycles. The number of hydrogen-bond donors (Lipinski definition) is 1. The summed E-state index contributed by atoms with van der Waals surface area (Å²) >= 11 is 0. The van der Waals surface area contributed by atoms with E-state index in [9.17, 15) is 4.39 Å². The molecule has 0 unspecified atom stereocenters. The Morgan fingerprint density at radius 3 is 2.61 bits per heavy atom. The van der Waals surface area contributed by atoms with E-state index in [4.69, 9.17) is 9.47 Å². The summed E-state index contributed by atoms with van der Waals surface area (Å²) in [6.45, 7) is 0. The van der Waals surface area contributed by atoms with Crippen LogP contribution in [0.3, 0.4) is 0 Å². The fourth-order valence-corrected chi connectivity index (χ4v) is 1.45. The van der Waals surface area contributed by atoms with Crippen LogP contribution in [0, 0.1) is 5.95 Å². The third-order valence-electron chi connectivity index (χ3n) is 2.30. The largest absolute Gasteiger partial charge is 0.497 e. The third-order valence-corrected chi connectivity index (χ3v) is 2.30. The molecule has 0 saturated heterocycles. The SMILES string of the molecule is COc1ccc(OC)c(Nc2cc(F)ncn2)c1. The van der Waals surface area contributed by atoms with Crippen molar-refractivity contribution in [2.45, 2.75) is 0 Å². The lowest BCUT2D eigenvalue weighted by Crippen LogP contribution is -1.98. The molecule has 1 N–H and O–H groups in total. The summed E-state index contributed by atoms with van der Waals surface area (Å²) in [6, 6.07) is 6.45. The highest BCUT2D eigenvalue weighted by Crippen LogP contribution is 2.30. The van der Waals surface area contributed by atoms with Gasteiger partial charge in [0.05, 0.1) is 19.9 Å². The molecular weight excluding hydrogens is 237 g/mol. The number of ether oxygens (including phenoxy) is 2. The van der Waals surface area contributed by atoms with Gasteiger partial charge >= 0.3 is 0 Å². The lowest BCUT2D eigenvalue weighted by atomic mass is 10.2. The first-order valence-electron chi connectivity index (χ1n) is 5.19. The predicted molar refractivity (Wildman–Crippen MR) is 64.8 cm³/mol. The molecule has 6 heteroatoms. The minimum atomic E-state index is -0.602. The normalized spacial score (nSPS) is 9.94. The molecule has 94 valence electrons. The van der Waals surface area contributed by atoms with Gasteiger partial charge in [-0.2, -0.15) is 4.39 Å². The van der Waals surface area contributed by atoms with Gasteiger partial charge < -0.3 is 14.8 Å². The number of nitrogens with zero attached hydrogens (tertiary/aromatic N) is 2. The van der Waals surface area contributed by atoms with Crippen LogP contribution in [0.15, 0.2) is 30.6 Å². The van der Waals surface area contributed by atoms with E-state index in [2.05, 4.69) is 15.3 Å². The number of aromatic nitrogens is 2. The molecule has 0 aliphatic carbocycles. The molecule has 2 aromatic rings. The Balaban J connectivity index is 2.32. The minimum absolute atomic E-state index is 0.342. The molecule has 0 saturated carbocycles. The first-order valence-corrected chi connectivity index (χ1v) is 5.19. The maximum Gasteiger partial charge on any atom is 0.218 e. The standard InChI is InChI=1S/C12H12FN3O2/c1-17-8-3-4-10(18-2)9(5-8)16-12-6-11(13)14-7-15-12/h3-7H,1-2H3,(H,14,15,16). The van der Waals surface area contributed by atoms with Gasteiger partial charge in [-0.3, -0.25) is 0 Å². The smallest absolute Gasteiger partial charge is 0.218 e. The predicted octanol–water partition coefficient (Wildman–Crippen LogP) is 2.38. The van der Waals surface area contributed by atoms with Crippen molar-refractivity contribution in [1.29, 1.82) is 0 Å². The zero-order valence-corrected chi connectivity index (χ0v) is 9.98. The summed E-state index contributed by atoms with van der Waals surface area (Å²) in [5.41, 5.74) is 0.634. The quantitative estimate of drug-likeness (QED) is 0.843. The average Bonchev–Trinajstić information content (AvgIpc) is 2.38. The van der Waals surface area contributed by atoms with Gasteiger partial charge in [-0.05, 0) is 12.1 Å². The first kappa shape index (κ1) is 12.1. The maximum absolute atomic E-state index is 13.0. The van der Waals surface area contributed by atoms with E-state index in [-0.39, 0.29) is 0 Å². The molecule has 1 aromatic carbocycles. The molecule has 0 atom stereocenters. The van der Waals surface area contributed by atoms with E-state index in [1.165, 1.54) is 6.07 Å². The monoisotopic (exact) mass is 249 g/mol. The van der Waals surface area contributed by atoms with Crippen LogP contribution in [-0.2, 0) is 0 Å². The number of nitrogens with one attached hydrogen (secondary N) is 1. The van der Waals surface area contributed by atoms with Crippen molar-refractivity contribution in [2.24, 2.45) is 0 Å². The van der Waals surface area contributed by atoms with Gasteiger partial charge in [0.15, 0.2) is 0 Å². The van der Waals surface area contributed by atoms with Gasteiger partial charge in [-0.25, -0.2) is 9.97 Å². The number of benzene rings is 1. The summed E-state index contributed by atoms with van der Waals surface area (Å²) < 4.78 is 23.3. The molecule has 5 nitrogen and oxygen atoms in total. The average molecular weight is 249 g/mol. The fraction of sp³-hybridized carbons (Fsp3) is 0.167.